The third-order valence-electron chi connectivity index (χ3n) is 4.97. The quantitative estimate of drug-likeness (QED) is 0.548. The Kier molecular flexibility index (Phi) is 4.23. The van der Waals surface area contributed by atoms with Crippen LogP contribution in [0.15, 0.2) is 41.1 Å². The molecule has 1 aliphatic rings. The molecule has 0 fully saturated rings. The number of rotatable bonds is 3. The predicted octanol–water partition coefficient (Wildman–Crippen LogP) is 3.83. The molecule has 0 saturated carbocycles. The number of anilines is 1. The summed E-state index contributed by atoms with van der Waals surface area (Å²) >= 11 is 12.6. The lowest BCUT2D eigenvalue weighted by molar-refractivity contribution is 0.246. The first-order valence-electron chi connectivity index (χ1n) is 8.82. The minimum atomic E-state index is 0.280. The van der Waals surface area contributed by atoms with E-state index < -0.39 is 0 Å². The molecule has 1 aromatic carbocycles. The van der Waals surface area contributed by atoms with Crippen LogP contribution in [0.5, 0.6) is 0 Å². The lowest BCUT2D eigenvalue weighted by Gasteiger charge is -2.29. The van der Waals surface area contributed by atoms with Crippen LogP contribution in [0.3, 0.4) is 0 Å². The van der Waals surface area contributed by atoms with Gasteiger partial charge in [0.1, 0.15) is 0 Å². The topological polar surface area (TPSA) is 85.5 Å². The smallest absolute Gasteiger partial charge is 0.223 e. The van der Waals surface area contributed by atoms with E-state index >= 15 is 0 Å². The second kappa shape index (κ2) is 6.77. The monoisotopic (exact) mass is 414 g/mol. The maximum absolute atomic E-state index is 6.43. The van der Waals surface area contributed by atoms with Gasteiger partial charge in [-0.05, 0) is 35.7 Å². The van der Waals surface area contributed by atoms with E-state index in [1.54, 1.807) is 23.0 Å². The van der Waals surface area contributed by atoms with Crippen molar-refractivity contribution >= 4 is 34.8 Å². The Morgan fingerprint density at radius 2 is 2.11 bits per heavy atom. The molecule has 5 rings (SSSR count). The van der Waals surface area contributed by atoms with Crippen LogP contribution in [-0.4, -0.2) is 31.0 Å². The molecule has 3 aromatic heterocycles. The van der Waals surface area contributed by atoms with Crippen molar-refractivity contribution in [2.24, 2.45) is 0 Å². The highest BCUT2D eigenvalue weighted by Crippen LogP contribution is 2.33. The molecule has 0 aliphatic carbocycles. The Morgan fingerprint density at radius 3 is 2.93 bits per heavy atom. The fourth-order valence-corrected chi connectivity index (χ4v) is 3.97. The number of fused-ring (bicyclic) bond motifs is 2. The fraction of sp³-hybridized carbons (Fsp3) is 0.211. The number of furan rings is 1. The molecule has 4 aromatic rings. The van der Waals surface area contributed by atoms with Crippen LogP contribution < -0.4 is 5.73 Å². The first-order valence-corrected chi connectivity index (χ1v) is 9.58. The Balaban J connectivity index is 1.49. The van der Waals surface area contributed by atoms with Crippen molar-refractivity contribution in [2.45, 2.75) is 19.5 Å². The molecule has 0 atom stereocenters. The van der Waals surface area contributed by atoms with E-state index in [4.69, 9.17) is 33.4 Å². The van der Waals surface area contributed by atoms with Crippen molar-refractivity contribution in [3.05, 3.63) is 63.5 Å². The predicted molar refractivity (Wildman–Crippen MR) is 107 cm³/mol. The molecular weight excluding hydrogens is 399 g/mol. The fourth-order valence-electron chi connectivity index (χ4n) is 3.55. The third-order valence-corrected chi connectivity index (χ3v) is 5.82. The summed E-state index contributed by atoms with van der Waals surface area (Å²) in [5.74, 6) is 1.34. The summed E-state index contributed by atoms with van der Waals surface area (Å²) in [7, 11) is 0. The molecule has 4 heterocycles. The molecule has 142 valence electrons. The number of aromatic nitrogens is 4. The number of hydrogen-bond acceptors (Lipinski definition) is 6. The van der Waals surface area contributed by atoms with Gasteiger partial charge >= 0.3 is 0 Å². The Morgan fingerprint density at radius 1 is 1.21 bits per heavy atom. The molecule has 28 heavy (non-hydrogen) atoms. The molecule has 9 heteroatoms. The maximum Gasteiger partial charge on any atom is 0.223 e. The molecular formula is C19H16Cl2N6O. The highest BCUT2D eigenvalue weighted by Gasteiger charge is 2.22. The van der Waals surface area contributed by atoms with E-state index in [2.05, 4.69) is 26.0 Å². The third kappa shape index (κ3) is 2.92. The van der Waals surface area contributed by atoms with Gasteiger partial charge in [-0.25, -0.2) is 9.97 Å². The average molecular weight is 415 g/mol. The zero-order chi connectivity index (χ0) is 19.3. The van der Waals surface area contributed by atoms with Crippen molar-refractivity contribution < 1.29 is 4.42 Å². The largest absolute Gasteiger partial charge is 0.461 e. The van der Waals surface area contributed by atoms with E-state index in [-0.39, 0.29) is 5.95 Å². The minimum absolute atomic E-state index is 0.280. The van der Waals surface area contributed by atoms with Gasteiger partial charge in [0, 0.05) is 31.4 Å². The maximum atomic E-state index is 6.43. The highest BCUT2D eigenvalue weighted by molar-refractivity contribution is 6.42. The standard InChI is InChI=1S/C19H16Cl2N6O/c20-14-4-3-11-5-6-26(10-13(11)16(14)21)9-12-8-23-19(22)27-18(12)24-17(25-27)15-2-1-7-28-15/h1-4,7-8H,5-6,9-10H2,(H2,22,23). The molecule has 0 amide bonds. The lowest BCUT2D eigenvalue weighted by Crippen LogP contribution is -2.30. The Labute approximate surface area is 170 Å². The Hall–Kier alpha value is -2.61. The number of hydrogen-bond donors (Lipinski definition) is 1. The summed E-state index contributed by atoms with van der Waals surface area (Å²) in [6, 6.07) is 7.52. The number of nitrogens with two attached hydrogens (primary N) is 1. The minimum Gasteiger partial charge on any atom is -0.461 e. The first-order chi connectivity index (χ1) is 13.6. The van der Waals surface area contributed by atoms with E-state index in [9.17, 15) is 0 Å². The second-order valence-electron chi connectivity index (χ2n) is 6.75. The summed E-state index contributed by atoms with van der Waals surface area (Å²) in [5, 5.41) is 5.65. The summed E-state index contributed by atoms with van der Waals surface area (Å²) in [6.45, 7) is 2.26. The van der Waals surface area contributed by atoms with E-state index in [1.165, 1.54) is 5.56 Å². The van der Waals surface area contributed by atoms with Crippen molar-refractivity contribution in [3.8, 4) is 11.6 Å². The average Bonchev–Trinajstić information content (AvgIpc) is 3.37. The zero-order valence-corrected chi connectivity index (χ0v) is 16.3. The highest BCUT2D eigenvalue weighted by atomic mass is 35.5. The number of nitrogens with zero attached hydrogens (tertiary/aromatic N) is 5. The second-order valence-corrected chi connectivity index (χ2v) is 7.53. The first kappa shape index (κ1) is 17.5. The Bertz CT molecular complexity index is 1170. The number of halogens is 2. The molecule has 0 spiro atoms. The number of benzene rings is 1. The van der Waals surface area contributed by atoms with Gasteiger partial charge in [0.2, 0.25) is 11.8 Å². The van der Waals surface area contributed by atoms with Crippen LogP contribution in [0, 0.1) is 0 Å². The van der Waals surface area contributed by atoms with Crippen molar-refractivity contribution in [1.29, 1.82) is 0 Å². The summed E-state index contributed by atoms with van der Waals surface area (Å²) in [5.41, 5.74) is 9.92. The van der Waals surface area contributed by atoms with Crippen LogP contribution in [0.4, 0.5) is 5.95 Å². The van der Waals surface area contributed by atoms with Gasteiger partial charge in [0.05, 0.1) is 16.3 Å². The van der Waals surface area contributed by atoms with Crippen LogP contribution in [0.2, 0.25) is 10.0 Å². The van der Waals surface area contributed by atoms with E-state index in [1.807, 2.05) is 12.1 Å². The van der Waals surface area contributed by atoms with Gasteiger partial charge in [-0.1, -0.05) is 29.3 Å². The van der Waals surface area contributed by atoms with E-state index in [0.717, 1.165) is 24.1 Å². The van der Waals surface area contributed by atoms with Crippen molar-refractivity contribution in [2.75, 3.05) is 12.3 Å². The van der Waals surface area contributed by atoms with Gasteiger partial charge in [0.25, 0.3) is 0 Å². The summed E-state index contributed by atoms with van der Waals surface area (Å²) in [6.07, 6.45) is 4.25. The number of nitrogen functional groups attached to an aromatic ring is 1. The van der Waals surface area contributed by atoms with Crippen LogP contribution in [0.25, 0.3) is 17.2 Å². The molecule has 0 unspecified atom stereocenters. The van der Waals surface area contributed by atoms with E-state index in [0.29, 0.717) is 40.4 Å². The summed E-state index contributed by atoms with van der Waals surface area (Å²) in [4.78, 5) is 11.2. The van der Waals surface area contributed by atoms with Gasteiger partial charge in [-0.3, -0.25) is 4.90 Å². The lowest BCUT2D eigenvalue weighted by atomic mass is 9.99. The molecule has 2 N–H and O–H groups in total. The molecule has 0 bridgehead atoms. The van der Waals surface area contributed by atoms with Crippen LogP contribution in [-0.2, 0) is 19.5 Å². The molecule has 0 saturated heterocycles. The molecule has 0 radical (unpaired) electrons. The van der Waals surface area contributed by atoms with Crippen LogP contribution in [0.1, 0.15) is 16.7 Å². The van der Waals surface area contributed by atoms with Gasteiger partial charge in [-0.2, -0.15) is 4.52 Å². The van der Waals surface area contributed by atoms with Gasteiger partial charge in [0.15, 0.2) is 11.4 Å². The van der Waals surface area contributed by atoms with Gasteiger partial charge < -0.3 is 10.2 Å². The van der Waals surface area contributed by atoms with Crippen LogP contribution >= 0.6 is 23.2 Å². The molecule has 7 nitrogen and oxygen atoms in total. The normalized spacial score (nSPS) is 14.5. The zero-order valence-electron chi connectivity index (χ0n) is 14.8. The molecule has 1 aliphatic heterocycles. The SMILES string of the molecule is Nc1ncc(CN2CCc3ccc(Cl)c(Cl)c3C2)c2nc(-c3ccco3)nn12. The van der Waals surface area contributed by atoms with Crippen molar-refractivity contribution in [3.63, 3.8) is 0 Å². The van der Waals surface area contributed by atoms with Gasteiger partial charge in [-0.15, -0.1) is 5.10 Å². The van der Waals surface area contributed by atoms with Crippen molar-refractivity contribution in [1.82, 2.24) is 24.5 Å². The summed E-state index contributed by atoms with van der Waals surface area (Å²) < 4.78 is 6.96.